The van der Waals surface area contributed by atoms with E-state index in [0.29, 0.717) is 0 Å². The molecule has 1 aromatic heterocycles. The van der Waals surface area contributed by atoms with Crippen LogP contribution in [0.2, 0.25) is 0 Å². The van der Waals surface area contributed by atoms with E-state index in [-0.39, 0.29) is 6.04 Å². The fourth-order valence-electron chi connectivity index (χ4n) is 2.46. The van der Waals surface area contributed by atoms with Crippen LogP contribution >= 0.6 is 31.9 Å². The molecule has 3 nitrogen and oxygen atoms in total. The molecular weight excluding hydrogens is 394 g/mol. The van der Waals surface area contributed by atoms with Gasteiger partial charge >= 0.3 is 0 Å². The van der Waals surface area contributed by atoms with Gasteiger partial charge in [0.1, 0.15) is 0 Å². The smallest absolute Gasteiger partial charge is 0.0596 e. The van der Waals surface area contributed by atoms with Gasteiger partial charge in [-0.2, -0.15) is 5.10 Å². The second-order valence-corrected chi connectivity index (χ2v) is 7.05. The minimum atomic E-state index is 0.270. The van der Waals surface area contributed by atoms with E-state index in [1.165, 1.54) is 11.3 Å². The molecule has 2 aromatic rings. The Morgan fingerprint density at radius 2 is 2.05 bits per heavy atom. The van der Waals surface area contributed by atoms with Crippen molar-refractivity contribution in [1.82, 2.24) is 15.1 Å². The number of aromatic nitrogens is 2. The van der Waals surface area contributed by atoms with Crippen molar-refractivity contribution in [3.8, 4) is 0 Å². The van der Waals surface area contributed by atoms with Crippen molar-refractivity contribution < 1.29 is 0 Å². The molecule has 0 amide bonds. The largest absolute Gasteiger partial charge is 0.310 e. The van der Waals surface area contributed by atoms with Gasteiger partial charge < -0.3 is 5.32 Å². The molecule has 0 aliphatic rings. The quantitative estimate of drug-likeness (QED) is 0.751. The standard InChI is InChI=1S/C16H21Br2N3/c1-4-7-19-16(10-13-8-11(2)20-21(13)3)14-9-12(17)5-6-15(14)18/h5-6,8-9,16,19H,4,7,10H2,1-3H3. The highest BCUT2D eigenvalue weighted by Gasteiger charge is 2.17. The normalized spacial score (nSPS) is 12.6. The molecule has 0 radical (unpaired) electrons. The van der Waals surface area contributed by atoms with Gasteiger partial charge in [-0.3, -0.25) is 4.68 Å². The number of hydrogen-bond donors (Lipinski definition) is 1. The third kappa shape index (κ3) is 4.41. The highest BCUT2D eigenvalue weighted by molar-refractivity contribution is 9.11. The zero-order chi connectivity index (χ0) is 15.4. The summed E-state index contributed by atoms with van der Waals surface area (Å²) in [5.41, 5.74) is 3.58. The molecule has 21 heavy (non-hydrogen) atoms. The first-order chi connectivity index (χ1) is 10.0. The third-order valence-electron chi connectivity index (χ3n) is 3.49. The van der Waals surface area contributed by atoms with Crippen LogP contribution in [0.25, 0.3) is 0 Å². The predicted molar refractivity (Wildman–Crippen MR) is 94.5 cm³/mol. The molecular formula is C16H21Br2N3. The van der Waals surface area contributed by atoms with Gasteiger partial charge in [0.2, 0.25) is 0 Å². The van der Waals surface area contributed by atoms with E-state index in [1.807, 2.05) is 18.7 Å². The molecule has 0 fully saturated rings. The van der Waals surface area contributed by atoms with Crippen LogP contribution in [0.3, 0.4) is 0 Å². The predicted octanol–water partition coefficient (Wildman–Crippen LogP) is 4.54. The minimum absolute atomic E-state index is 0.270. The molecule has 1 N–H and O–H groups in total. The highest BCUT2D eigenvalue weighted by Crippen LogP contribution is 2.29. The Hall–Kier alpha value is -0.650. The first-order valence-corrected chi connectivity index (χ1v) is 8.77. The number of aryl methyl sites for hydroxylation is 2. The molecule has 1 unspecified atom stereocenters. The molecule has 1 aromatic carbocycles. The zero-order valence-electron chi connectivity index (χ0n) is 12.7. The molecule has 0 spiro atoms. The summed E-state index contributed by atoms with van der Waals surface area (Å²) in [5, 5.41) is 8.09. The average molecular weight is 415 g/mol. The molecule has 0 saturated heterocycles. The molecule has 0 saturated carbocycles. The number of benzene rings is 1. The van der Waals surface area contributed by atoms with Crippen molar-refractivity contribution in [3.63, 3.8) is 0 Å². The molecule has 2 rings (SSSR count). The Kier molecular flexibility index (Phi) is 6.02. The fraction of sp³-hybridized carbons (Fsp3) is 0.438. The van der Waals surface area contributed by atoms with Gasteiger partial charge in [0, 0.05) is 34.1 Å². The lowest BCUT2D eigenvalue weighted by molar-refractivity contribution is 0.510. The number of rotatable bonds is 6. The van der Waals surface area contributed by atoms with Crippen LogP contribution in [-0.4, -0.2) is 16.3 Å². The second kappa shape index (κ2) is 7.56. The lowest BCUT2D eigenvalue weighted by Gasteiger charge is -2.21. The van der Waals surface area contributed by atoms with Crippen LogP contribution in [0.5, 0.6) is 0 Å². The lowest BCUT2D eigenvalue weighted by Crippen LogP contribution is -2.25. The maximum Gasteiger partial charge on any atom is 0.0596 e. The number of halogens is 2. The Balaban J connectivity index is 2.29. The summed E-state index contributed by atoms with van der Waals surface area (Å²) in [5.74, 6) is 0. The Morgan fingerprint density at radius 3 is 2.67 bits per heavy atom. The van der Waals surface area contributed by atoms with Crippen molar-refractivity contribution in [1.29, 1.82) is 0 Å². The second-order valence-electron chi connectivity index (χ2n) is 5.28. The van der Waals surface area contributed by atoms with Gasteiger partial charge in [-0.15, -0.1) is 0 Å². The van der Waals surface area contributed by atoms with E-state index in [1.54, 1.807) is 0 Å². The van der Waals surface area contributed by atoms with E-state index in [2.05, 4.69) is 73.5 Å². The zero-order valence-corrected chi connectivity index (χ0v) is 15.8. The molecule has 0 aliphatic heterocycles. The van der Waals surface area contributed by atoms with Gasteiger partial charge in [-0.05, 0) is 49.7 Å². The van der Waals surface area contributed by atoms with Gasteiger partial charge in [0.05, 0.1) is 5.69 Å². The monoisotopic (exact) mass is 413 g/mol. The number of nitrogens with zero attached hydrogens (tertiary/aromatic N) is 2. The Bertz CT molecular complexity index is 608. The van der Waals surface area contributed by atoms with Crippen LogP contribution in [0, 0.1) is 6.92 Å². The van der Waals surface area contributed by atoms with E-state index in [0.717, 1.165) is 34.0 Å². The summed E-state index contributed by atoms with van der Waals surface area (Å²) in [4.78, 5) is 0. The van der Waals surface area contributed by atoms with Crippen LogP contribution in [0.1, 0.15) is 36.3 Å². The van der Waals surface area contributed by atoms with Crippen LogP contribution < -0.4 is 5.32 Å². The fourth-order valence-corrected chi connectivity index (χ4v) is 3.36. The van der Waals surface area contributed by atoms with E-state index in [4.69, 9.17) is 0 Å². The van der Waals surface area contributed by atoms with Gasteiger partial charge in [0.15, 0.2) is 0 Å². The molecule has 114 valence electrons. The molecule has 5 heteroatoms. The number of hydrogen-bond acceptors (Lipinski definition) is 2. The Morgan fingerprint density at radius 1 is 1.29 bits per heavy atom. The van der Waals surface area contributed by atoms with Gasteiger partial charge in [0.25, 0.3) is 0 Å². The maximum atomic E-state index is 4.45. The molecule has 1 heterocycles. The summed E-state index contributed by atoms with van der Waals surface area (Å²) in [7, 11) is 2.01. The summed E-state index contributed by atoms with van der Waals surface area (Å²) in [6.45, 7) is 5.22. The van der Waals surface area contributed by atoms with E-state index < -0.39 is 0 Å². The topological polar surface area (TPSA) is 29.9 Å². The molecule has 1 atom stereocenters. The van der Waals surface area contributed by atoms with Crippen molar-refractivity contribution in [2.45, 2.75) is 32.7 Å². The first kappa shape index (κ1) is 16.7. The summed E-state index contributed by atoms with van der Waals surface area (Å²) >= 11 is 7.25. The van der Waals surface area contributed by atoms with E-state index >= 15 is 0 Å². The molecule has 0 aliphatic carbocycles. The van der Waals surface area contributed by atoms with Gasteiger partial charge in [-0.1, -0.05) is 38.8 Å². The van der Waals surface area contributed by atoms with Crippen LogP contribution in [0.15, 0.2) is 33.2 Å². The van der Waals surface area contributed by atoms with Crippen molar-refractivity contribution >= 4 is 31.9 Å². The summed E-state index contributed by atoms with van der Waals surface area (Å²) < 4.78 is 4.21. The van der Waals surface area contributed by atoms with E-state index in [9.17, 15) is 0 Å². The Labute approximate surface area is 143 Å². The lowest BCUT2D eigenvalue weighted by atomic mass is 10.0. The highest BCUT2D eigenvalue weighted by atomic mass is 79.9. The summed E-state index contributed by atoms with van der Waals surface area (Å²) in [6, 6.07) is 8.76. The molecule has 0 bridgehead atoms. The van der Waals surface area contributed by atoms with Gasteiger partial charge in [-0.25, -0.2) is 0 Å². The van der Waals surface area contributed by atoms with Crippen LogP contribution in [-0.2, 0) is 13.5 Å². The third-order valence-corrected chi connectivity index (χ3v) is 4.70. The van der Waals surface area contributed by atoms with Crippen LogP contribution in [0.4, 0.5) is 0 Å². The average Bonchev–Trinajstić information content (AvgIpc) is 2.75. The summed E-state index contributed by atoms with van der Waals surface area (Å²) in [6.07, 6.45) is 2.04. The number of nitrogens with one attached hydrogen (secondary N) is 1. The van der Waals surface area contributed by atoms with Crippen molar-refractivity contribution in [2.75, 3.05) is 6.54 Å². The van der Waals surface area contributed by atoms with Crippen molar-refractivity contribution in [2.24, 2.45) is 7.05 Å². The van der Waals surface area contributed by atoms with Crippen molar-refractivity contribution in [3.05, 3.63) is 50.2 Å². The minimum Gasteiger partial charge on any atom is -0.310 e. The first-order valence-electron chi connectivity index (χ1n) is 7.19. The SMILES string of the molecule is CCCNC(Cc1cc(C)nn1C)c1cc(Br)ccc1Br. The maximum absolute atomic E-state index is 4.45.